The molecular formula is C29H28N4O2. The number of Topliss-reactive ketones (excluding diaryl/α,β-unsaturated/α-hetero) is 1. The van der Waals surface area contributed by atoms with E-state index in [1.54, 1.807) is 24.3 Å². The van der Waals surface area contributed by atoms with Crippen LogP contribution in [0.5, 0.6) is 5.75 Å². The molecule has 0 saturated heterocycles. The van der Waals surface area contributed by atoms with E-state index in [0.717, 1.165) is 36.5 Å². The van der Waals surface area contributed by atoms with Gasteiger partial charge in [0.15, 0.2) is 0 Å². The Morgan fingerprint density at radius 3 is 2.43 bits per heavy atom. The average Bonchev–Trinajstić information content (AvgIpc) is 3.37. The Labute approximate surface area is 206 Å². The van der Waals surface area contributed by atoms with Crippen molar-refractivity contribution in [1.29, 1.82) is 5.26 Å². The van der Waals surface area contributed by atoms with Crippen molar-refractivity contribution in [3.8, 4) is 11.8 Å². The fourth-order valence-corrected chi connectivity index (χ4v) is 4.62. The fraction of sp³-hybridized carbons (Fsp3) is 0.241. The maximum Gasteiger partial charge on any atom is 0.233 e. The molecule has 0 aliphatic carbocycles. The van der Waals surface area contributed by atoms with Gasteiger partial charge in [-0.2, -0.15) is 10.3 Å². The molecule has 2 unspecified atom stereocenters. The van der Waals surface area contributed by atoms with Crippen LogP contribution in [0.3, 0.4) is 0 Å². The number of hydrazine groups is 1. The van der Waals surface area contributed by atoms with Gasteiger partial charge in [-0.3, -0.25) is 9.69 Å². The number of ether oxygens (including phenoxy) is 1. The Hall–Kier alpha value is -3.92. The molecule has 0 aromatic heterocycles. The van der Waals surface area contributed by atoms with Crippen molar-refractivity contribution in [2.24, 2.45) is 0 Å². The molecule has 3 aromatic carbocycles. The second-order valence-electron chi connectivity index (χ2n) is 8.76. The molecule has 1 N–H and O–H groups in total. The zero-order valence-corrected chi connectivity index (χ0v) is 19.9. The molecule has 35 heavy (non-hydrogen) atoms. The van der Waals surface area contributed by atoms with Gasteiger partial charge in [-0.1, -0.05) is 56.3 Å². The quantitative estimate of drug-likeness (QED) is 0.502. The van der Waals surface area contributed by atoms with E-state index in [0.29, 0.717) is 16.9 Å². The average molecular weight is 465 g/mol. The summed E-state index contributed by atoms with van der Waals surface area (Å²) in [6, 6.07) is 25.0. The van der Waals surface area contributed by atoms with Crippen LogP contribution in [0.15, 0.2) is 78.9 Å². The zero-order valence-electron chi connectivity index (χ0n) is 19.9. The van der Waals surface area contributed by atoms with Crippen LogP contribution in [-0.4, -0.2) is 35.0 Å². The van der Waals surface area contributed by atoms with E-state index in [1.807, 2.05) is 29.3 Å². The predicted molar refractivity (Wildman–Crippen MR) is 135 cm³/mol. The lowest BCUT2D eigenvalue weighted by molar-refractivity contribution is -0.0151. The second kappa shape index (κ2) is 9.75. The molecule has 0 amide bonds. The SMILES string of the molecule is CCN(CC)Cc1ccc(C2=CC3c4ccccc4OC(C(=O)c4ccc(C#N)cc4)N3N2)cc1. The minimum Gasteiger partial charge on any atom is -0.465 e. The topological polar surface area (TPSA) is 68.6 Å². The van der Waals surface area contributed by atoms with Crippen LogP contribution in [0.25, 0.3) is 5.70 Å². The first-order chi connectivity index (χ1) is 17.1. The number of para-hydroxylation sites is 1. The number of hydrogen-bond donors (Lipinski definition) is 1. The highest BCUT2D eigenvalue weighted by Crippen LogP contribution is 2.42. The van der Waals surface area contributed by atoms with Gasteiger partial charge in [0, 0.05) is 17.7 Å². The number of carbonyl (C=O) groups excluding carboxylic acids is 1. The Morgan fingerprint density at radius 2 is 1.74 bits per heavy atom. The van der Waals surface area contributed by atoms with Crippen molar-refractivity contribution in [3.63, 3.8) is 0 Å². The highest BCUT2D eigenvalue weighted by atomic mass is 16.5. The molecule has 176 valence electrons. The molecule has 5 rings (SSSR count). The van der Waals surface area contributed by atoms with Gasteiger partial charge in [0.05, 0.1) is 23.4 Å². The summed E-state index contributed by atoms with van der Waals surface area (Å²) < 4.78 is 6.20. The number of rotatable bonds is 7. The molecule has 2 atom stereocenters. The van der Waals surface area contributed by atoms with Crippen LogP contribution < -0.4 is 10.2 Å². The molecule has 0 saturated carbocycles. The molecule has 2 heterocycles. The standard InChI is InChI=1S/C29H28N4O2/c1-3-32(4-2)19-21-11-13-22(14-12-21)25-17-26-24-7-5-6-8-27(24)35-29(33(26)31-25)28(34)23-15-9-20(18-30)10-16-23/h5-17,26,29,31H,3-4,19H2,1-2H3. The second-order valence-corrected chi connectivity index (χ2v) is 8.76. The highest BCUT2D eigenvalue weighted by molar-refractivity contribution is 6.00. The minimum atomic E-state index is -0.835. The van der Waals surface area contributed by atoms with Crippen molar-refractivity contribution in [2.45, 2.75) is 32.7 Å². The third-order valence-electron chi connectivity index (χ3n) is 6.69. The van der Waals surface area contributed by atoms with E-state index < -0.39 is 6.23 Å². The number of nitrogens with one attached hydrogen (secondary N) is 1. The lowest BCUT2D eigenvalue weighted by Crippen LogP contribution is -2.52. The van der Waals surface area contributed by atoms with Crippen molar-refractivity contribution >= 4 is 11.5 Å². The number of carbonyl (C=O) groups is 1. The van der Waals surface area contributed by atoms with Gasteiger partial charge in [-0.25, -0.2) is 0 Å². The van der Waals surface area contributed by atoms with Gasteiger partial charge in [-0.05, 0) is 60.6 Å². The molecular weight excluding hydrogens is 436 g/mol. The molecule has 6 nitrogen and oxygen atoms in total. The highest BCUT2D eigenvalue weighted by Gasteiger charge is 2.43. The fourth-order valence-electron chi connectivity index (χ4n) is 4.62. The molecule has 0 spiro atoms. The summed E-state index contributed by atoms with van der Waals surface area (Å²) in [5, 5.41) is 11.0. The Morgan fingerprint density at radius 1 is 1.03 bits per heavy atom. The van der Waals surface area contributed by atoms with E-state index in [4.69, 9.17) is 10.00 Å². The van der Waals surface area contributed by atoms with Gasteiger partial charge in [0.2, 0.25) is 12.0 Å². The normalized spacial score (nSPS) is 18.6. The largest absolute Gasteiger partial charge is 0.465 e. The molecule has 2 aliphatic heterocycles. The van der Waals surface area contributed by atoms with Crippen molar-refractivity contribution in [2.75, 3.05) is 13.1 Å². The summed E-state index contributed by atoms with van der Waals surface area (Å²) in [5.41, 5.74) is 8.75. The molecule has 6 heteroatoms. The number of hydrogen-bond acceptors (Lipinski definition) is 6. The van der Waals surface area contributed by atoms with E-state index in [2.05, 4.69) is 60.6 Å². The number of nitriles is 1. The van der Waals surface area contributed by atoms with Crippen molar-refractivity contribution in [3.05, 3.63) is 107 Å². The Bertz CT molecular complexity index is 1290. The summed E-state index contributed by atoms with van der Waals surface area (Å²) in [6.07, 6.45) is 1.32. The first-order valence-corrected chi connectivity index (χ1v) is 12.0. The summed E-state index contributed by atoms with van der Waals surface area (Å²) in [5.74, 6) is 0.542. The number of fused-ring (bicyclic) bond motifs is 3. The Balaban J connectivity index is 1.43. The van der Waals surface area contributed by atoms with Gasteiger partial charge in [0.25, 0.3) is 0 Å². The zero-order chi connectivity index (χ0) is 24.4. The van der Waals surface area contributed by atoms with Crippen LogP contribution in [0.4, 0.5) is 0 Å². The third kappa shape index (κ3) is 4.44. The molecule has 2 aliphatic rings. The summed E-state index contributed by atoms with van der Waals surface area (Å²) in [7, 11) is 0. The lowest BCUT2D eigenvalue weighted by atomic mass is 10.00. The van der Waals surface area contributed by atoms with E-state index in [1.165, 1.54) is 5.56 Å². The van der Waals surface area contributed by atoms with E-state index in [9.17, 15) is 4.79 Å². The van der Waals surface area contributed by atoms with Crippen LogP contribution in [0.1, 0.15) is 52.5 Å². The van der Waals surface area contributed by atoms with E-state index in [-0.39, 0.29) is 11.8 Å². The van der Waals surface area contributed by atoms with E-state index >= 15 is 0 Å². The first kappa shape index (κ1) is 22.9. The minimum absolute atomic E-state index is 0.141. The predicted octanol–water partition coefficient (Wildman–Crippen LogP) is 4.90. The molecule has 0 bridgehead atoms. The van der Waals surface area contributed by atoms with Gasteiger partial charge in [0.1, 0.15) is 5.75 Å². The summed E-state index contributed by atoms with van der Waals surface area (Å²) in [6.45, 7) is 7.33. The Kier molecular flexibility index (Phi) is 6.37. The van der Waals surface area contributed by atoms with Gasteiger partial charge >= 0.3 is 0 Å². The monoisotopic (exact) mass is 464 g/mol. The summed E-state index contributed by atoms with van der Waals surface area (Å²) in [4.78, 5) is 15.9. The first-order valence-electron chi connectivity index (χ1n) is 12.0. The lowest BCUT2D eigenvalue weighted by Gasteiger charge is -2.37. The van der Waals surface area contributed by atoms with Gasteiger partial charge in [-0.15, -0.1) is 0 Å². The van der Waals surface area contributed by atoms with Crippen LogP contribution >= 0.6 is 0 Å². The number of ketones is 1. The third-order valence-corrected chi connectivity index (χ3v) is 6.69. The number of nitrogens with zero attached hydrogens (tertiary/aromatic N) is 3. The van der Waals surface area contributed by atoms with Crippen LogP contribution in [0, 0.1) is 11.3 Å². The maximum atomic E-state index is 13.5. The van der Waals surface area contributed by atoms with Crippen molar-refractivity contribution in [1.82, 2.24) is 15.3 Å². The molecule has 0 radical (unpaired) electrons. The smallest absolute Gasteiger partial charge is 0.233 e. The van der Waals surface area contributed by atoms with Crippen LogP contribution in [-0.2, 0) is 6.54 Å². The van der Waals surface area contributed by atoms with Crippen molar-refractivity contribution < 1.29 is 9.53 Å². The van der Waals surface area contributed by atoms with Crippen LogP contribution in [0.2, 0.25) is 0 Å². The number of benzene rings is 3. The molecule has 3 aromatic rings. The maximum absolute atomic E-state index is 13.5. The summed E-state index contributed by atoms with van der Waals surface area (Å²) >= 11 is 0. The van der Waals surface area contributed by atoms with Gasteiger partial charge < -0.3 is 10.2 Å². The molecule has 0 fully saturated rings.